The molecule has 2 aromatic carbocycles. The number of rotatable bonds is 3. The summed E-state index contributed by atoms with van der Waals surface area (Å²) < 4.78 is 6.17. The van der Waals surface area contributed by atoms with Gasteiger partial charge in [0.05, 0.1) is 12.7 Å². The molecule has 0 saturated carbocycles. The molecule has 0 radical (unpaired) electrons. The van der Waals surface area contributed by atoms with Gasteiger partial charge in [-0.05, 0) is 59.0 Å². The number of anilines is 1. The second kappa shape index (κ2) is 5.79. The van der Waals surface area contributed by atoms with E-state index in [4.69, 9.17) is 22.1 Å². The quantitative estimate of drug-likeness (QED) is 0.495. The molecule has 0 unspecified atom stereocenters. The van der Waals surface area contributed by atoms with Crippen LogP contribution in [0, 0.1) is 3.57 Å². The van der Waals surface area contributed by atoms with E-state index in [1.165, 1.54) is 7.11 Å². The molecule has 2 N–H and O–H groups in total. The van der Waals surface area contributed by atoms with Crippen LogP contribution in [-0.4, -0.2) is 12.9 Å². The smallest absolute Gasteiger partial charge is 0.196 e. The molecule has 19 heavy (non-hydrogen) atoms. The Kier molecular flexibility index (Phi) is 4.31. The molecule has 0 fully saturated rings. The molecule has 0 aliphatic rings. The molecule has 0 amide bonds. The molecule has 0 bridgehead atoms. The summed E-state index contributed by atoms with van der Waals surface area (Å²) in [4.78, 5) is 12.5. The average Bonchev–Trinajstić information content (AvgIpc) is 2.36. The summed E-state index contributed by atoms with van der Waals surface area (Å²) in [5.74, 6) is 0.369. The molecule has 3 nitrogen and oxygen atoms in total. The van der Waals surface area contributed by atoms with E-state index in [-0.39, 0.29) is 5.78 Å². The van der Waals surface area contributed by atoms with E-state index in [1.54, 1.807) is 30.3 Å². The van der Waals surface area contributed by atoms with E-state index < -0.39 is 0 Å². The Bertz CT molecular complexity index is 623. The van der Waals surface area contributed by atoms with Gasteiger partial charge in [0.15, 0.2) is 5.78 Å². The van der Waals surface area contributed by atoms with Gasteiger partial charge in [-0.1, -0.05) is 11.6 Å². The Morgan fingerprint density at radius 3 is 2.63 bits per heavy atom. The van der Waals surface area contributed by atoms with Crippen molar-refractivity contribution in [2.75, 3.05) is 12.8 Å². The highest BCUT2D eigenvalue weighted by molar-refractivity contribution is 14.1. The number of hydrogen-bond donors (Lipinski definition) is 1. The maximum absolute atomic E-state index is 12.5. The first-order valence-corrected chi connectivity index (χ1v) is 6.91. The first kappa shape index (κ1) is 14.1. The van der Waals surface area contributed by atoms with Crippen molar-refractivity contribution in [2.24, 2.45) is 0 Å². The number of ketones is 1. The standard InChI is InChI=1S/C14H11ClINO2/c1-19-13-3-2-10(16)7-12(13)14(18)8-4-9(15)6-11(17)5-8/h2-7H,17H2,1H3. The molecule has 0 saturated heterocycles. The first-order valence-electron chi connectivity index (χ1n) is 5.45. The number of carbonyl (C=O) groups excluding carboxylic acids is 1. The van der Waals surface area contributed by atoms with Crippen LogP contribution >= 0.6 is 34.2 Å². The van der Waals surface area contributed by atoms with Gasteiger partial charge in [-0.3, -0.25) is 4.79 Å². The SMILES string of the molecule is COc1ccc(I)cc1C(=O)c1cc(N)cc(Cl)c1. The van der Waals surface area contributed by atoms with Crippen molar-refractivity contribution in [3.05, 3.63) is 56.1 Å². The van der Waals surface area contributed by atoms with Crippen LogP contribution in [-0.2, 0) is 0 Å². The number of ether oxygens (including phenoxy) is 1. The van der Waals surface area contributed by atoms with Crippen molar-refractivity contribution in [3.8, 4) is 5.75 Å². The van der Waals surface area contributed by atoms with Crippen molar-refractivity contribution >= 4 is 45.7 Å². The predicted octanol–water partition coefficient (Wildman–Crippen LogP) is 3.77. The van der Waals surface area contributed by atoms with Gasteiger partial charge in [-0.2, -0.15) is 0 Å². The van der Waals surface area contributed by atoms with Gasteiger partial charge < -0.3 is 10.5 Å². The number of halogens is 2. The summed E-state index contributed by atoms with van der Waals surface area (Å²) in [6.07, 6.45) is 0. The van der Waals surface area contributed by atoms with Gasteiger partial charge in [0.1, 0.15) is 5.75 Å². The third-order valence-corrected chi connectivity index (χ3v) is 3.48. The van der Waals surface area contributed by atoms with E-state index in [9.17, 15) is 4.79 Å². The summed E-state index contributed by atoms with van der Waals surface area (Å²) in [5.41, 5.74) is 7.11. The van der Waals surface area contributed by atoms with Crippen LogP contribution in [0.15, 0.2) is 36.4 Å². The van der Waals surface area contributed by atoms with Crippen molar-refractivity contribution in [1.82, 2.24) is 0 Å². The van der Waals surface area contributed by atoms with Gasteiger partial charge in [-0.25, -0.2) is 0 Å². The van der Waals surface area contributed by atoms with Crippen molar-refractivity contribution < 1.29 is 9.53 Å². The van der Waals surface area contributed by atoms with Crippen molar-refractivity contribution in [1.29, 1.82) is 0 Å². The summed E-state index contributed by atoms with van der Waals surface area (Å²) in [6.45, 7) is 0. The Hall–Kier alpha value is -1.27. The average molecular weight is 388 g/mol. The minimum Gasteiger partial charge on any atom is -0.496 e. The lowest BCUT2D eigenvalue weighted by Gasteiger charge is -2.09. The fourth-order valence-corrected chi connectivity index (χ4v) is 2.49. The summed E-state index contributed by atoms with van der Waals surface area (Å²) >= 11 is 8.07. The zero-order valence-corrected chi connectivity index (χ0v) is 13.0. The molecule has 0 aliphatic heterocycles. The maximum atomic E-state index is 12.5. The predicted molar refractivity (Wildman–Crippen MR) is 85.0 cm³/mol. The lowest BCUT2D eigenvalue weighted by Crippen LogP contribution is -2.05. The van der Waals surface area contributed by atoms with Crippen LogP contribution < -0.4 is 10.5 Å². The Morgan fingerprint density at radius 2 is 2.00 bits per heavy atom. The first-order chi connectivity index (χ1) is 9.01. The number of methoxy groups -OCH3 is 1. The number of carbonyl (C=O) groups is 1. The molecule has 98 valence electrons. The highest BCUT2D eigenvalue weighted by Crippen LogP contribution is 2.26. The molecular formula is C14H11ClINO2. The van der Waals surface area contributed by atoms with Crippen LogP contribution in [0.25, 0.3) is 0 Å². The van der Waals surface area contributed by atoms with Crippen molar-refractivity contribution in [3.63, 3.8) is 0 Å². The van der Waals surface area contributed by atoms with Gasteiger partial charge >= 0.3 is 0 Å². The van der Waals surface area contributed by atoms with Crippen LogP contribution in [0.4, 0.5) is 5.69 Å². The number of benzene rings is 2. The summed E-state index contributed by atoms with van der Waals surface area (Å²) in [7, 11) is 1.53. The fourth-order valence-electron chi connectivity index (χ4n) is 1.76. The van der Waals surface area contributed by atoms with E-state index in [1.807, 2.05) is 6.07 Å². The second-order valence-corrected chi connectivity index (χ2v) is 5.63. The van der Waals surface area contributed by atoms with E-state index in [2.05, 4.69) is 22.6 Å². The Labute approximate surface area is 129 Å². The molecular weight excluding hydrogens is 377 g/mol. The molecule has 0 aliphatic carbocycles. The van der Waals surface area contributed by atoms with E-state index in [0.29, 0.717) is 27.6 Å². The topological polar surface area (TPSA) is 52.3 Å². The maximum Gasteiger partial charge on any atom is 0.196 e. The molecule has 2 aromatic rings. The number of nitrogen functional groups attached to an aromatic ring is 1. The van der Waals surface area contributed by atoms with Gasteiger partial charge in [0, 0.05) is 19.8 Å². The molecule has 5 heteroatoms. The third kappa shape index (κ3) is 3.19. The van der Waals surface area contributed by atoms with Crippen LogP contribution in [0.2, 0.25) is 5.02 Å². The van der Waals surface area contributed by atoms with E-state index >= 15 is 0 Å². The van der Waals surface area contributed by atoms with Gasteiger partial charge in [-0.15, -0.1) is 0 Å². The van der Waals surface area contributed by atoms with Crippen LogP contribution in [0.5, 0.6) is 5.75 Å². The number of hydrogen-bond acceptors (Lipinski definition) is 3. The lowest BCUT2D eigenvalue weighted by molar-refractivity contribution is 0.103. The van der Waals surface area contributed by atoms with E-state index in [0.717, 1.165) is 3.57 Å². The number of nitrogens with two attached hydrogens (primary N) is 1. The van der Waals surface area contributed by atoms with Crippen molar-refractivity contribution in [2.45, 2.75) is 0 Å². The van der Waals surface area contributed by atoms with Crippen LogP contribution in [0.3, 0.4) is 0 Å². The van der Waals surface area contributed by atoms with Gasteiger partial charge in [0.25, 0.3) is 0 Å². The Morgan fingerprint density at radius 1 is 1.26 bits per heavy atom. The third-order valence-electron chi connectivity index (χ3n) is 2.59. The normalized spacial score (nSPS) is 10.3. The fraction of sp³-hybridized carbons (Fsp3) is 0.0714. The summed E-state index contributed by atoms with van der Waals surface area (Å²) in [5, 5.41) is 0.438. The summed E-state index contributed by atoms with van der Waals surface area (Å²) in [6, 6.07) is 10.2. The zero-order valence-electron chi connectivity index (χ0n) is 10.1. The monoisotopic (exact) mass is 387 g/mol. The molecule has 0 atom stereocenters. The molecule has 0 heterocycles. The molecule has 0 aromatic heterocycles. The van der Waals surface area contributed by atoms with Crippen LogP contribution in [0.1, 0.15) is 15.9 Å². The minimum absolute atomic E-state index is 0.162. The molecule has 2 rings (SSSR count). The largest absolute Gasteiger partial charge is 0.496 e. The zero-order chi connectivity index (χ0) is 14.0. The highest BCUT2D eigenvalue weighted by atomic mass is 127. The second-order valence-electron chi connectivity index (χ2n) is 3.95. The minimum atomic E-state index is -0.162. The van der Waals surface area contributed by atoms with Gasteiger partial charge in [0.2, 0.25) is 0 Å². The highest BCUT2D eigenvalue weighted by Gasteiger charge is 2.15. The lowest BCUT2D eigenvalue weighted by atomic mass is 10.0. The molecule has 0 spiro atoms. The Balaban J connectivity index is 2.52.